The van der Waals surface area contributed by atoms with Crippen molar-refractivity contribution in [3.63, 3.8) is 0 Å². The maximum absolute atomic E-state index is 13.8. The zero-order chi connectivity index (χ0) is 17.4. The second kappa shape index (κ2) is 6.77. The zero-order valence-corrected chi connectivity index (χ0v) is 15.5. The fourth-order valence-electron chi connectivity index (χ4n) is 3.56. The Morgan fingerprint density at radius 2 is 2.08 bits per heavy atom. The molecule has 0 radical (unpaired) electrons. The minimum atomic E-state index is -0.240. The van der Waals surface area contributed by atoms with E-state index in [0.29, 0.717) is 0 Å². The predicted molar refractivity (Wildman–Crippen MR) is 103 cm³/mol. The number of amidine groups is 1. The molecule has 4 rings (SSSR count). The maximum atomic E-state index is 13.8. The summed E-state index contributed by atoms with van der Waals surface area (Å²) >= 11 is 1.75. The quantitative estimate of drug-likeness (QED) is 0.846. The van der Waals surface area contributed by atoms with Crippen LogP contribution in [-0.4, -0.2) is 36.9 Å². The number of nitrogens with zero attached hydrogens (tertiary/aromatic N) is 2. The second-order valence-corrected chi connectivity index (χ2v) is 7.77. The van der Waals surface area contributed by atoms with Crippen LogP contribution in [0.15, 0.2) is 23.2 Å². The van der Waals surface area contributed by atoms with Crippen molar-refractivity contribution in [3.8, 4) is 0 Å². The van der Waals surface area contributed by atoms with Gasteiger partial charge in [-0.25, -0.2) is 9.38 Å². The van der Waals surface area contributed by atoms with Crippen molar-refractivity contribution >= 4 is 33.5 Å². The van der Waals surface area contributed by atoms with E-state index >= 15 is 0 Å². The third kappa shape index (κ3) is 3.04. The Morgan fingerprint density at radius 1 is 1.28 bits per heavy atom. The number of fused-ring (bicyclic) bond motifs is 2. The molecule has 0 atom stereocenters. The average Bonchev–Trinajstić information content (AvgIpc) is 2.82. The molecule has 2 aliphatic rings. The largest absolute Gasteiger partial charge is 0.353 e. The highest BCUT2D eigenvalue weighted by Crippen LogP contribution is 2.42. The number of nitrogens with one attached hydrogen (secondary N) is 2. The first-order valence-corrected chi connectivity index (χ1v) is 9.72. The number of halogens is 1. The molecule has 0 bridgehead atoms. The van der Waals surface area contributed by atoms with Gasteiger partial charge in [0.1, 0.15) is 16.7 Å². The molecule has 0 amide bonds. The summed E-state index contributed by atoms with van der Waals surface area (Å²) in [6.07, 6.45) is 2.13. The van der Waals surface area contributed by atoms with E-state index < -0.39 is 0 Å². The van der Waals surface area contributed by atoms with Gasteiger partial charge in [0.05, 0.1) is 16.9 Å². The number of aryl methyl sites for hydroxylation is 1. The van der Waals surface area contributed by atoms with Gasteiger partial charge in [-0.15, -0.1) is 11.3 Å². The Labute approximate surface area is 151 Å². The van der Waals surface area contributed by atoms with Crippen LogP contribution in [0.1, 0.15) is 29.3 Å². The number of benzene rings is 1. The van der Waals surface area contributed by atoms with E-state index in [1.807, 2.05) is 0 Å². The molecule has 2 N–H and O–H groups in total. The van der Waals surface area contributed by atoms with Gasteiger partial charge in [-0.3, -0.25) is 0 Å². The molecule has 0 unspecified atom stereocenters. The molecule has 0 aliphatic carbocycles. The van der Waals surface area contributed by atoms with Crippen LogP contribution in [0, 0.1) is 12.7 Å². The Bertz CT molecular complexity index is 821. The van der Waals surface area contributed by atoms with E-state index in [-0.39, 0.29) is 5.82 Å². The minimum Gasteiger partial charge on any atom is -0.353 e. The molecule has 4 nitrogen and oxygen atoms in total. The van der Waals surface area contributed by atoms with Gasteiger partial charge in [0.15, 0.2) is 0 Å². The highest BCUT2D eigenvalue weighted by Gasteiger charge is 2.28. The van der Waals surface area contributed by atoms with Crippen LogP contribution in [0.2, 0.25) is 0 Å². The predicted octanol–water partition coefficient (Wildman–Crippen LogP) is 4.19. The first-order chi connectivity index (χ1) is 12.2. The third-order valence-corrected chi connectivity index (χ3v) is 5.85. The summed E-state index contributed by atoms with van der Waals surface area (Å²) in [5, 5.41) is 7.95. The summed E-state index contributed by atoms with van der Waals surface area (Å²) in [6, 6.07) is 4.79. The molecule has 132 valence electrons. The summed E-state index contributed by atoms with van der Waals surface area (Å²) < 4.78 is 13.8. The summed E-state index contributed by atoms with van der Waals surface area (Å²) in [6.45, 7) is 8.19. The lowest BCUT2D eigenvalue weighted by Gasteiger charge is -2.30. The number of hydrogen-bond donors (Lipinski definition) is 2. The topological polar surface area (TPSA) is 39.7 Å². The second-order valence-electron chi connectivity index (χ2n) is 6.55. The average molecular weight is 358 g/mol. The lowest BCUT2D eigenvalue weighted by molar-refractivity contribution is 0.358. The van der Waals surface area contributed by atoms with Gasteiger partial charge >= 0.3 is 0 Å². The molecule has 1 saturated heterocycles. The molecule has 1 aromatic heterocycles. The molecule has 25 heavy (non-hydrogen) atoms. The van der Waals surface area contributed by atoms with Gasteiger partial charge in [0.25, 0.3) is 0 Å². The molecule has 6 heteroatoms. The number of hydrogen-bond acceptors (Lipinski definition) is 5. The Hall–Kier alpha value is -1.92. The van der Waals surface area contributed by atoms with Crippen LogP contribution in [0.25, 0.3) is 0 Å². The number of anilines is 2. The van der Waals surface area contributed by atoms with E-state index in [4.69, 9.17) is 4.99 Å². The minimum absolute atomic E-state index is 0.240. The van der Waals surface area contributed by atoms with Crippen LogP contribution < -0.4 is 10.6 Å². The Balaban J connectivity index is 1.90. The molecular formula is C19H23FN4S. The standard InChI is InChI=1S/C19H23FN4S/c1-3-4-14-12(2)25-19-17(14)18(24-9-7-21-8-10-24)22-15-6-5-13(20)11-16(15)23-19/h5-6,11,21,23H,3-4,7-10H2,1-2H3. The molecular weight excluding hydrogens is 335 g/mol. The molecule has 2 aliphatic heterocycles. The van der Waals surface area contributed by atoms with Gasteiger partial charge in [0.2, 0.25) is 0 Å². The zero-order valence-electron chi connectivity index (χ0n) is 14.7. The molecule has 2 aromatic rings. The highest BCUT2D eigenvalue weighted by atomic mass is 32.1. The van der Waals surface area contributed by atoms with Crippen LogP contribution >= 0.6 is 11.3 Å². The van der Waals surface area contributed by atoms with E-state index in [2.05, 4.69) is 29.4 Å². The molecule has 1 fully saturated rings. The summed E-state index contributed by atoms with van der Waals surface area (Å²) in [5.41, 5.74) is 4.14. The molecule has 1 aromatic carbocycles. The van der Waals surface area contributed by atoms with Gasteiger partial charge in [0, 0.05) is 31.1 Å². The third-order valence-electron chi connectivity index (χ3n) is 4.78. The molecule has 0 saturated carbocycles. The lowest BCUT2D eigenvalue weighted by atomic mass is 10.0. The monoisotopic (exact) mass is 358 g/mol. The smallest absolute Gasteiger partial charge is 0.140 e. The van der Waals surface area contributed by atoms with Crippen molar-refractivity contribution in [1.82, 2.24) is 10.2 Å². The summed E-state index contributed by atoms with van der Waals surface area (Å²) in [7, 11) is 0. The van der Waals surface area contributed by atoms with Crippen molar-refractivity contribution in [1.29, 1.82) is 0 Å². The fraction of sp³-hybridized carbons (Fsp3) is 0.421. The van der Waals surface area contributed by atoms with E-state index in [1.165, 1.54) is 28.1 Å². The van der Waals surface area contributed by atoms with Gasteiger partial charge < -0.3 is 15.5 Å². The maximum Gasteiger partial charge on any atom is 0.140 e. The van der Waals surface area contributed by atoms with Crippen molar-refractivity contribution in [2.45, 2.75) is 26.7 Å². The van der Waals surface area contributed by atoms with Crippen molar-refractivity contribution in [2.24, 2.45) is 4.99 Å². The molecule has 0 spiro atoms. The lowest BCUT2D eigenvalue weighted by Crippen LogP contribution is -2.46. The van der Waals surface area contributed by atoms with E-state index in [9.17, 15) is 4.39 Å². The first-order valence-electron chi connectivity index (χ1n) is 8.91. The van der Waals surface area contributed by atoms with E-state index in [0.717, 1.165) is 61.2 Å². The number of rotatable bonds is 2. The number of piperazine rings is 1. The normalized spacial score (nSPS) is 16.6. The fourth-order valence-corrected chi connectivity index (χ4v) is 4.67. The van der Waals surface area contributed by atoms with Gasteiger partial charge in [-0.05, 0) is 37.1 Å². The van der Waals surface area contributed by atoms with Gasteiger partial charge in [-0.2, -0.15) is 0 Å². The Kier molecular flexibility index (Phi) is 4.48. The summed E-state index contributed by atoms with van der Waals surface area (Å²) in [5.74, 6) is 0.790. The molecule has 3 heterocycles. The first kappa shape index (κ1) is 16.5. The highest BCUT2D eigenvalue weighted by molar-refractivity contribution is 7.16. The van der Waals surface area contributed by atoms with Crippen LogP contribution in [0.5, 0.6) is 0 Å². The number of thiophene rings is 1. The van der Waals surface area contributed by atoms with Crippen molar-refractivity contribution in [2.75, 3.05) is 31.5 Å². The Morgan fingerprint density at radius 3 is 2.84 bits per heavy atom. The van der Waals surface area contributed by atoms with Crippen molar-refractivity contribution in [3.05, 3.63) is 40.0 Å². The van der Waals surface area contributed by atoms with E-state index in [1.54, 1.807) is 17.4 Å². The SMILES string of the molecule is CCCc1c(C)sc2c1C(N1CCNCC1)=Nc1ccc(F)cc1N2. The van der Waals surface area contributed by atoms with Gasteiger partial charge in [-0.1, -0.05) is 13.3 Å². The van der Waals surface area contributed by atoms with Crippen LogP contribution in [-0.2, 0) is 6.42 Å². The number of aliphatic imine (C=N–C) groups is 1. The van der Waals surface area contributed by atoms with Crippen LogP contribution in [0.3, 0.4) is 0 Å². The van der Waals surface area contributed by atoms with Crippen LogP contribution in [0.4, 0.5) is 20.8 Å². The summed E-state index contributed by atoms with van der Waals surface area (Å²) in [4.78, 5) is 8.68. The van der Waals surface area contributed by atoms with Crippen molar-refractivity contribution < 1.29 is 4.39 Å².